The van der Waals surface area contributed by atoms with Gasteiger partial charge in [-0.25, -0.2) is 8.42 Å². The second-order valence-electron chi connectivity index (χ2n) is 7.70. The van der Waals surface area contributed by atoms with Crippen molar-refractivity contribution in [3.05, 3.63) is 23.8 Å². The van der Waals surface area contributed by atoms with Crippen LogP contribution in [-0.2, 0) is 28.9 Å². The van der Waals surface area contributed by atoms with E-state index >= 15 is 0 Å². The summed E-state index contributed by atoms with van der Waals surface area (Å²) < 4.78 is 30.4. The van der Waals surface area contributed by atoms with Gasteiger partial charge in [-0.1, -0.05) is 6.92 Å². The van der Waals surface area contributed by atoms with E-state index in [2.05, 4.69) is 20.8 Å². The third-order valence-corrected chi connectivity index (χ3v) is 7.48. The van der Waals surface area contributed by atoms with Gasteiger partial charge in [0.05, 0.1) is 29.7 Å². The highest BCUT2D eigenvalue weighted by Crippen LogP contribution is 2.26. The van der Waals surface area contributed by atoms with Crippen LogP contribution in [0, 0.1) is 12.8 Å². The number of hydrogen-bond acceptors (Lipinski definition) is 6. The predicted molar refractivity (Wildman–Crippen MR) is 114 cm³/mol. The number of nitrogens with one attached hydrogen (secondary N) is 2. The summed E-state index contributed by atoms with van der Waals surface area (Å²) in [5.74, 6) is -1.19. The number of anilines is 1. The molecule has 1 aliphatic heterocycles. The molecule has 3 rings (SSSR count). The van der Waals surface area contributed by atoms with E-state index in [4.69, 9.17) is 0 Å². The summed E-state index contributed by atoms with van der Waals surface area (Å²) in [5, 5.41) is 13.6. The van der Waals surface area contributed by atoms with Gasteiger partial charge >= 0.3 is 0 Å². The van der Waals surface area contributed by atoms with Gasteiger partial charge in [-0.15, -0.1) is 0 Å². The maximum atomic E-state index is 13.1. The van der Waals surface area contributed by atoms with Crippen LogP contribution in [0.3, 0.4) is 0 Å². The van der Waals surface area contributed by atoms with Crippen molar-refractivity contribution in [2.75, 3.05) is 25.0 Å². The summed E-state index contributed by atoms with van der Waals surface area (Å²) in [7, 11) is -0.439. The Balaban J connectivity index is 1.74. The minimum atomic E-state index is -3.75. The Hall–Kier alpha value is -2.73. The largest absolute Gasteiger partial charge is 0.351 e. The first-order valence-corrected chi connectivity index (χ1v) is 11.7. The van der Waals surface area contributed by atoms with E-state index in [-0.39, 0.29) is 28.9 Å². The highest BCUT2D eigenvalue weighted by Gasteiger charge is 2.35. The smallest absolute Gasteiger partial charge is 0.271 e. The third-order valence-electron chi connectivity index (χ3n) is 5.51. The van der Waals surface area contributed by atoms with E-state index in [0.29, 0.717) is 37.3 Å². The van der Waals surface area contributed by atoms with Crippen molar-refractivity contribution in [3.8, 4) is 0 Å². The van der Waals surface area contributed by atoms with Crippen molar-refractivity contribution in [1.82, 2.24) is 29.2 Å². The number of aromatic nitrogens is 4. The minimum absolute atomic E-state index is 0.0696. The van der Waals surface area contributed by atoms with Gasteiger partial charge < -0.3 is 10.6 Å². The van der Waals surface area contributed by atoms with E-state index in [1.165, 1.54) is 26.1 Å². The van der Waals surface area contributed by atoms with Crippen LogP contribution in [0.1, 0.15) is 42.4 Å². The number of amides is 2. The van der Waals surface area contributed by atoms with Gasteiger partial charge in [0.2, 0.25) is 15.9 Å². The standard InChI is InChI=1S/C19H29N7O4S/c1-5-8-20-19(28)17-15(10-21-25(17)4)23-18(27)14-7-6-9-26(12-14)31(29,30)16-11-22-24(3)13(16)2/h10-11,14H,5-9,12H2,1-4H3,(H,20,28)(H,23,27)/t14-/m0/s1. The topological polar surface area (TPSA) is 131 Å². The van der Waals surface area contributed by atoms with E-state index in [1.807, 2.05) is 6.92 Å². The molecule has 0 radical (unpaired) electrons. The average Bonchev–Trinajstić information content (AvgIpc) is 3.28. The quantitative estimate of drug-likeness (QED) is 0.635. The number of carbonyl (C=O) groups excluding carboxylic acids is 2. The Morgan fingerprint density at radius 3 is 2.55 bits per heavy atom. The first-order valence-electron chi connectivity index (χ1n) is 10.3. The molecule has 0 unspecified atom stereocenters. The molecule has 3 heterocycles. The zero-order valence-corrected chi connectivity index (χ0v) is 19.1. The van der Waals surface area contributed by atoms with Gasteiger partial charge in [-0.3, -0.25) is 19.0 Å². The van der Waals surface area contributed by atoms with Gasteiger partial charge in [0.15, 0.2) is 0 Å². The molecule has 0 aromatic carbocycles. The number of carbonyl (C=O) groups is 2. The van der Waals surface area contributed by atoms with Crippen LogP contribution in [0.2, 0.25) is 0 Å². The van der Waals surface area contributed by atoms with Crippen LogP contribution < -0.4 is 10.6 Å². The van der Waals surface area contributed by atoms with Crippen molar-refractivity contribution in [2.45, 2.75) is 38.0 Å². The molecule has 2 amide bonds. The van der Waals surface area contributed by atoms with Gasteiger partial charge in [0, 0.05) is 33.7 Å². The molecule has 2 N–H and O–H groups in total. The van der Waals surface area contributed by atoms with Crippen LogP contribution >= 0.6 is 0 Å². The van der Waals surface area contributed by atoms with E-state index in [9.17, 15) is 18.0 Å². The molecule has 0 bridgehead atoms. The fourth-order valence-electron chi connectivity index (χ4n) is 3.60. The van der Waals surface area contributed by atoms with Crippen LogP contribution in [0.25, 0.3) is 0 Å². The second kappa shape index (κ2) is 9.18. The van der Waals surface area contributed by atoms with Gasteiger partial charge in [-0.2, -0.15) is 14.5 Å². The number of nitrogens with zero attached hydrogens (tertiary/aromatic N) is 5. The SMILES string of the molecule is CCCNC(=O)c1c(NC(=O)[C@H]2CCCN(S(=O)(=O)c3cnn(C)c3C)C2)cnn1C. The Kier molecular flexibility index (Phi) is 6.80. The lowest BCUT2D eigenvalue weighted by Crippen LogP contribution is -2.44. The van der Waals surface area contributed by atoms with Crippen molar-refractivity contribution >= 4 is 27.5 Å². The molecule has 2 aromatic rings. The number of sulfonamides is 1. The molecular formula is C19H29N7O4S. The molecule has 31 heavy (non-hydrogen) atoms. The zero-order valence-electron chi connectivity index (χ0n) is 18.3. The summed E-state index contributed by atoms with van der Waals surface area (Å²) in [5.41, 5.74) is 1.11. The second-order valence-corrected chi connectivity index (χ2v) is 9.60. The minimum Gasteiger partial charge on any atom is -0.351 e. The lowest BCUT2D eigenvalue weighted by Gasteiger charge is -2.31. The molecule has 1 saturated heterocycles. The lowest BCUT2D eigenvalue weighted by atomic mass is 9.98. The maximum Gasteiger partial charge on any atom is 0.271 e. The monoisotopic (exact) mass is 451 g/mol. The van der Waals surface area contributed by atoms with Crippen molar-refractivity contribution < 1.29 is 18.0 Å². The molecule has 1 atom stereocenters. The molecule has 0 saturated carbocycles. The predicted octanol–water partition coefficient (Wildman–Crippen LogP) is 0.641. The van der Waals surface area contributed by atoms with E-state index < -0.39 is 15.9 Å². The maximum absolute atomic E-state index is 13.1. The Labute approximate surface area is 181 Å². The van der Waals surface area contributed by atoms with Gasteiger partial charge in [-0.05, 0) is 26.2 Å². The Morgan fingerprint density at radius 1 is 1.19 bits per heavy atom. The van der Waals surface area contributed by atoms with Crippen LogP contribution in [0.4, 0.5) is 5.69 Å². The first kappa shape index (κ1) is 22.9. The number of piperidine rings is 1. The molecule has 1 aliphatic rings. The van der Waals surface area contributed by atoms with E-state index in [0.717, 1.165) is 6.42 Å². The van der Waals surface area contributed by atoms with Gasteiger partial charge in [0.25, 0.3) is 5.91 Å². The van der Waals surface area contributed by atoms with Crippen LogP contribution in [-0.4, -0.2) is 63.7 Å². The molecule has 12 heteroatoms. The van der Waals surface area contributed by atoms with Crippen molar-refractivity contribution in [1.29, 1.82) is 0 Å². The summed E-state index contributed by atoms with van der Waals surface area (Å²) in [6.07, 6.45) is 4.67. The Bertz CT molecular complexity index is 1070. The zero-order chi connectivity index (χ0) is 22.8. The summed E-state index contributed by atoms with van der Waals surface area (Å²) in [6.45, 7) is 4.57. The molecule has 1 fully saturated rings. The summed E-state index contributed by atoms with van der Waals surface area (Å²) in [6, 6.07) is 0. The fraction of sp³-hybridized carbons (Fsp3) is 0.579. The average molecular weight is 452 g/mol. The fourth-order valence-corrected chi connectivity index (χ4v) is 5.31. The van der Waals surface area contributed by atoms with Crippen molar-refractivity contribution in [2.24, 2.45) is 20.0 Å². The Morgan fingerprint density at radius 2 is 1.90 bits per heavy atom. The number of aryl methyl sites for hydroxylation is 2. The first-order chi connectivity index (χ1) is 14.7. The van der Waals surface area contributed by atoms with Crippen LogP contribution in [0.15, 0.2) is 17.3 Å². The number of hydrogen-bond donors (Lipinski definition) is 2. The number of rotatable bonds is 7. The van der Waals surface area contributed by atoms with Crippen molar-refractivity contribution in [3.63, 3.8) is 0 Å². The summed E-state index contributed by atoms with van der Waals surface area (Å²) >= 11 is 0. The van der Waals surface area contributed by atoms with E-state index in [1.54, 1.807) is 21.0 Å². The molecular weight excluding hydrogens is 422 g/mol. The highest BCUT2D eigenvalue weighted by atomic mass is 32.2. The highest BCUT2D eigenvalue weighted by molar-refractivity contribution is 7.89. The molecule has 170 valence electrons. The normalized spacial score (nSPS) is 17.5. The molecule has 0 spiro atoms. The molecule has 2 aromatic heterocycles. The van der Waals surface area contributed by atoms with Gasteiger partial charge in [0.1, 0.15) is 10.6 Å². The lowest BCUT2D eigenvalue weighted by molar-refractivity contribution is -0.120. The third kappa shape index (κ3) is 4.64. The summed E-state index contributed by atoms with van der Waals surface area (Å²) in [4.78, 5) is 25.5. The molecule has 0 aliphatic carbocycles. The van der Waals surface area contributed by atoms with Crippen LogP contribution in [0.5, 0.6) is 0 Å². The molecule has 11 nitrogen and oxygen atoms in total.